The van der Waals surface area contributed by atoms with Gasteiger partial charge < -0.3 is 9.58 Å². The van der Waals surface area contributed by atoms with Crippen molar-refractivity contribution in [3.8, 4) is 0 Å². The third-order valence-corrected chi connectivity index (χ3v) is 3.21. The van der Waals surface area contributed by atoms with Crippen molar-refractivity contribution in [2.45, 2.75) is 39.7 Å². The largest absolute Gasteiger partial charge is 0.447 e. The Labute approximate surface area is 108 Å². The van der Waals surface area contributed by atoms with Gasteiger partial charge in [-0.3, -0.25) is 4.79 Å². The van der Waals surface area contributed by atoms with E-state index >= 15 is 0 Å². The molecule has 18 heavy (non-hydrogen) atoms. The van der Waals surface area contributed by atoms with Crippen LogP contribution in [0.15, 0.2) is 0 Å². The minimum Gasteiger partial charge on any atom is -0.447 e. The molecule has 0 spiro atoms. The second-order valence-electron chi connectivity index (χ2n) is 4.92. The lowest BCUT2D eigenvalue weighted by molar-refractivity contribution is -0.133. The highest BCUT2D eigenvalue weighted by molar-refractivity contribution is 5.95. The maximum absolute atomic E-state index is 12.3. The Morgan fingerprint density at radius 2 is 2.28 bits per heavy atom. The number of imide groups is 1. The molecule has 1 rings (SSSR count). The number of carbonyl (C=O) groups excluding carboxylic acids is 2. The van der Waals surface area contributed by atoms with E-state index in [4.69, 9.17) is 11.3 Å². The zero-order valence-corrected chi connectivity index (χ0v) is 11.2. The molecule has 0 saturated carbocycles. The second-order valence-corrected chi connectivity index (χ2v) is 4.92. The van der Waals surface area contributed by atoms with Crippen LogP contribution in [-0.2, 0) is 9.53 Å². The number of amides is 2. The number of hydrogen-bond donors (Lipinski definition) is 0. The van der Waals surface area contributed by atoms with Crippen LogP contribution in [0.1, 0.15) is 33.6 Å². The lowest BCUT2D eigenvalue weighted by Gasteiger charge is -2.24. The monoisotopic (exact) mass is 252 g/mol. The normalized spacial score (nSPS) is 20.7. The number of cyclic esters (lactones) is 1. The first-order valence-corrected chi connectivity index (χ1v) is 6.35. The SMILES string of the molecule is [C-]#[N+]C[C@@H](CCC)C(=O)N1C(=O)OC[C@@H]1C(C)C. The second kappa shape index (κ2) is 6.39. The van der Waals surface area contributed by atoms with Gasteiger partial charge in [0.25, 0.3) is 0 Å². The molecule has 0 aromatic heterocycles. The van der Waals surface area contributed by atoms with Crippen LogP contribution in [0.2, 0.25) is 0 Å². The van der Waals surface area contributed by atoms with E-state index in [0.717, 1.165) is 6.42 Å². The molecule has 1 aliphatic heterocycles. The van der Waals surface area contributed by atoms with Crippen LogP contribution in [-0.4, -0.2) is 36.1 Å². The van der Waals surface area contributed by atoms with Crippen LogP contribution in [0.3, 0.4) is 0 Å². The fourth-order valence-electron chi connectivity index (χ4n) is 2.13. The van der Waals surface area contributed by atoms with Crippen LogP contribution in [0, 0.1) is 18.4 Å². The van der Waals surface area contributed by atoms with E-state index in [-0.39, 0.29) is 36.9 Å². The van der Waals surface area contributed by atoms with E-state index in [0.29, 0.717) is 6.42 Å². The number of nitrogens with zero attached hydrogens (tertiary/aromatic N) is 2. The highest BCUT2D eigenvalue weighted by atomic mass is 16.6. The first kappa shape index (κ1) is 14.5. The van der Waals surface area contributed by atoms with E-state index in [1.165, 1.54) is 4.90 Å². The standard InChI is InChI=1S/C13H20N2O3/c1-5-6-10(7-14-4)12(16)15-11(9(2)3)8-18-13(15)17/h9-11H,5-8H2,1-3H3/t10-,11-/m1/s1. The van der Waals surface area contributed by atoms with Crippen molar-refractivity contribution in [1.29, 1.82) is 0 Å². The van der Waals surface area contributed by atoms with E-state index in [2.05, 4.69) is 4.85 Å². The Hall–Kier alpha value is -1.57. The minimum atomic E-state index is -0.565. The molecule has 5 nitrogen and oxygen atoms in total. The zero-order chi connectivity index (χ0) is 13.7. The summed E-state index contributed by atoms with van der Waals surface area (Å²) in [6.45, 7) is 13.2. The number of rotatable bonds is 5. The van der Waals surface area contributed by atoms with E-state index in [1.54, 1.807) is 0 Å². The van der Waals surface area contributed by atoms with Crippen LogP contribution in [0.4, 0.5) is 4.79 Å². The third-order valence-electron chi connectivity index (χ3n) is 3.21. The van der Waals surface area contributed by atoms with Gasteiger partial charge in [0.15, 0.2) is 0 Å². The van der Waals surface area contributed by atoms with Crippen molar-refractivity contribution in [2.24, 2.45) is 11.8 Å². The van der Waals surface area contributed by atoms with Gasteiger partial charge in [0.2, 0.25) is 12.5 Å². The van der Waals surface area contributed by atoms with E-state index in [9.17, 15) is 9.59 Å². The lowest BCUT2D eigenvalue weighted by Crippen LogP contribution is -2.45. The van der Waals surface area contributed by atoms with Crippen molar-refractivity contribution < 1.29 is 14.3 Å². The summed E-state index contributed by atoms with van der Waals surface area (Å²) in [5, 5.41) is 0. The van der Waals surface area contributed by atoms with Gasteiger partial charge in [-0.15, -0.1) is 0 Å². The molecule has 0 aromatic carbocycles. The summed E-state index contributed by atoms with van der Waals surface area (Å²) in [6, 6.07) is -0.199. The molecule has 0 N–H and O–H groups in total. The molecule has 0 radical (unpaired) electrons. The van der Waals surface area contributed by atoms with E-state index < -0.39 is 6.09 Å². The van der Waals surface area contributed by atoms with Gasteiger partial charge in [0, 0.05) is 0 Å². The van der Waals surface area contributed by atoms with Crippen molar-refractivity contribution in [3.05, 3.63) is 11.4 Å². The Balaban J connectivity index is 2.85. The van der Waals surface area contributed by atoms with Crippen molar-refractivity contribution in [3.63, 3.8) is 0 Å². The smallest absolute Gasteiger partial charge is 0.416 e. The van der Waals surface area contributed by atoms with Crippen LogP contribution >= 0.6 is 0 Å². The molecule has 2 atom stereocenters. The summed E-state index contributed by atoms with van der Waals surface area (Å²) < 4.78 is 4.96. The number of carbonyl (C=O) groups is 2. The van der Waals surface area contributed by atoms with Crippen molar-refractivity contribution >= 4 is 12.0 Å². The van der Waals surface area contributed by atoms with Gasteiger partial charge in [-0.1, -0.05) is 27.2 Å². The van der Waals surface area contributed by atoms with Gasteiger partial charge in [-0.25, -0.2) is 16.3 Å². The predicted octanol–water partition coefficient (Wildman–Crippen LogP) is 2.33. The molecule has 1 heterocycles. The highest BCUT2D eigenvalue weighted by Crippen LogP contribution is 2.23. The summed E-state index contributed by atoms with van der Waals surface area (Å²) in [5.74, 6) is -0.482. The Bertz CT molecular complexity index is 360. The molecule has 5 heteroatoms. The summed E-state index contributed by atoms with van der Waals surface area (Å²) >= 11 is 0. The Kier molecular flexibility index (Phi) is 5.14. The van der Waals surface area contributed by atoms with Crippen LogP contribution < -0.4 is 0 Å². The quantitative estimate of drug-likeness (QED) is 0.706. The summed E-state index contributed by atoms with van der Waals surface area (Å²) in [5.41, 5.74) is 0. The summed E-state index contributed by atoms with van der Waals surface area (Å²) in [4.78, 5) is 28.5. The minimum absolute atomic E-state index is 0.140. The summed E-state index contributed by atoms with van der Waals surface area (Å²) in [7, 11) is 0. The average molecular weight is 252 g/mol. The molecule has 1 aliphatic rings. The summed E-state index contributed by atoms with van der Waals surface area (Å²) in [6.07, 6.45) is 0.890. The van der Waals surface area contributed by atoms with Gasteiger partial charge in [-0.2, -0.15) is 0 Å². The van der Waals surface area contributed by atoms with Crippen molar-refractivity contribution in [2.75, 3.05) is 13.2 Å². The fraction of sp³-hybridized carbons (Fsp3) is 0.769. The molecular formula is C13H20N2O3. The molecule has 0 bridgehead atoms. The number of hydrogen-bond acceptors (Lipinski definition) is 3. The molecule has 1 saturated heterocycles. The number of ether oxygens (including phenoxy) is 1. The predicted molar refractivity (Wildman–Crippen MR) is 66.7 cm³/mol. The molecule has 100 valence electrons. The maximum Gasteiger partial charge on any atom is 0.416 e. The van der Waals surface area contributed by atoms with Crippen LogP contribution in [0.25, 0.3) is 4.85 Å². The molecule has 0 unspecified atom stereocenters. The topological polar surface area (TPSA) is 51.0 Å². The fourth-order valence-corrected chi connectivity index (χ4v) is 2.13. The van der Waals surface area contributed by atoms with Gasteiger partial charge in [0.05, 0.1) is 6.04 Å². The van der Waals surface area contributed by atoms with Gasteiger partial charge in [0.1, 0.15) is 12.5 Å². The Morgan fingerprint density at radius 3 is 2.78 bits per heavy atom. The van der Waals surface area contributed by atoms with Crippen molar-refractivity contribution in [1.82, 2.24) is 4.90 Å². The van der Waals surface area contributed by atoms with Gasteiger partial charge in [-0.05, 0) is 12.3 Å². The van der Waals surface area contributed by atoms with Gasteiger partial charge >= 0.3 is 6.09 Å². The molecular weight excluding hydrogens is 232 g/mol. The molecule has 1 fully saturated rings. The zero-order valence-electron chi connectivity index (χ0n) is 11.2. The van der Waals surface area contributed by atoms with Crippen LogP contribution in [0.5, 0.6) is 0 Å². The maximum atomic E-state index is 12.3. The first-order valence-electron chi connectivity index (χ1n) is 6.35. The van der Waals surface area contributed by atoms with E-state index in [1.807, 2.05) is 20.8 Å². The molecule has 2 amide bonds. The first-order chi connectivity index (χ1) is 8.52. The highest BCUT2D eigenvalue weighted by Gasteiger charge is 2.42. The lowest BCUT2D eigenvalue weighted by atomic mass is 9.99. The molecule has 0 aromatic rings. The third kappa shape index (κ3) is 3.00. The molecule has 0 aliphatic carbocycles. The average Bonchev–Trinajstić information content (AvgIpc) is 2.70. The Morgan fingerprint density at radius 1 is 1.61 bits per heavy atom.